The standard InChI is InChI=1S/C67H129NO5/c1-3-5-7-9-11-13-15-17-19-28-31-35-39-43-47-51-55-59-65(70)64(63-69)68-66(71)60-56-52-48-44-40-36-32-29-26-24-22-21-23-25-27-30-34-38-42-46-50-54-58-62-73-67(72)61-57-53-49-45-41-37-33-20-18-16-14-12-10-8-6-4-2/h20,24,26,33,64-65,69-70H,3-19,21-23,25,27-32,34-63H2,1-2H3,(H,68,71)/b26-24-,33-20-. The molecule has 0 saturated carbocycles. The summed E-state index contributed by atoms with van der Waals surface area (Å²) in [5, 5.41) is 23.3. The quantitative estimate of drug-likeness (QED) is 0.0320. The van der Waals surface area contributed by atoms with Gasteiger partial charge in [-0.05, 0) is 77.0 Å². The number of aliphatic hydroxyl groups excluding tert-OH is 2. The third kappa shape index (κ3) is 59.4. The zero-order chi connectivity index (χ0) is 52.9. The van der Waals surface area contributed by atoms with Crippen LogP contribution in [0.2, 0.25) is 0 Å². The lowest BCUT2D eigenvalue weighted by atomic mass is 10.0. The summed E-state index contributed by atoms with van der Waals surface area (Å²) < 4.78 is 5.49. The minimum absolute atomic E-state index is 0.00476. The first-order valence-corrected chi connectivity index (χ1v) is 33.1. The smallest absolute Gasteiger partial charge is 0.305 e. The molecule has 0 aliphatic rings. The van der Waals surface area contributed by atoms with Gasteiger partial charge in [0.1, 0.15) is 0 Å². The number of hydrogen-bond acceptors (Lipinski definition) is 5. The van der Waals surface area contributed by atoms with E-state index in [4.69, 9.17) is 4.74 Å². The SMILES string of the molecule is CCCCCCCCC/C=C\CCCCCCCC(=O)OCCCCCCCCCCCCCC/C=C\CCCCCCCCCC(=O)NC(CO)C(O)CCCCCCCCCCCCCCCCCCC. The van der Waals surface area contributed by atoms with Crippen molar-refractivity contribution in [1.29, 1.82) is 0 Å². The predicted octanol–water partition coefficient (Wildman–Crippen LogP) is 21.0. The van der Waals surface area contributed by atoms with Gasteiger partial charge in [0, 0.05) is 12.8 Å². The van der Waals surface area contributed by atoms with E-state index in [1.807, 2.05) is 0 Å². The van der Waals surface area contributed by atoms with Crippen molar-refractivity contribution in [2.24, 2.45) is 0 Å². The van der Waals surface area contributed by atoms with Gasteiger partial charge in [-0.15, -0.1) is 0 Å². The Balaban J connectivity index is 3.40. The molecular weight excluding hydrogens is 899 g/mol. The second-order valence-corrected chi connectivity index (χ2v) is 22.8. The fraction of sp³-hybridized carbons (Fsp3) is 0.910. The van der Waals surface area contributed by atoms with Crippen molar-refractivity contribution in [2.75, 3.05) is 13.2 Å². The Kier molecular flexibility index (Phi) is 61.4. The summed E-state index contributed by atoms with van der Waals surface area (Å²) >= 11 is 0. The van der Waals surface area contributed by atoms with Crippen molar-refractivity contribution in [2.45, 2.75) is 379 Å². The zero-order valence-corrected chi connectivity index (χ0v) is 49.4. The summed E-state index contributed by atoms with van der Waals surface area (Å²) in [4.78, 5) is 24.6. The third-order valence-corrected chi connectivity index (χ3v) is 15.5. The maximum absolute atomic E-state index is 12.5. The van der Waals surface area contributed by atoms with Gasteiger partial charge in [0.05, 0.1) is 25.4 Å². The van der Waals surface area contributed by atoms with Gasteiger partial charge >= 0.3 is 5.97 Å². The lowest BCUT2D eigenvalue weighted by Gasteiger charge is -2.22. The van der Waals surface area contributed by atoms with Crippen LogP contribution in [0.4, 0.5) is 0 Å². The highest BCUT2D eigenvalue weighted by atomic mass is 16.5. The largest absolute Gasteiger partial charge is 0.466 e. The molecule has 0 radical (unpaired) electrons. The Morgan fingerprint density at radius 3 is 0.973 bits per heavy atom. The number of allylic oxidation sites excluding steroid dienone is 4. The second-order valence-electron chi connectivity index (χ2n) is 22.8. The Bertz CT molecular complexity index is 1140. The van der Waals surface area contributed by atoms with E-state index < -0.39 is 12.1 Å². The molecule has 0 aliphatic carbocycles. The second kappa shape index (κ2) is 62.9. The molecule has 0 spiro atoms. The van der Waals surface area contributed by atoms with Crippen molar-refractivity contribution in [3.05, 3.63) is 24.3 Å². The Morgan fingerprint density at radius 2 is 0.644 bits per heavy atom. The molecule has 1 amide bonds. The van der Waals surface area contributed by atoms with E-state index in [9.17, 15) is 19.8 Å². The number of esters is 1. The summed E-state index contributed by atoms with van der Waals surface area (Å²) in [5.41, 5.74) is 0. The molecule has 3 N–H and O–H groups in total. The van der Waals surface area contributed by atoms with Crippen molar-refractivity contribution in [3.8, 4) is 0 Å². The van der Waals surface area contributed by atoms with Gasteiger partial charge in [0.25, 0.3) is 0 Å². The van der Waals surface area contributed by atoms with E-state index >= 15 is 0 Å². The minimum atomic E-state index is -0.668. The number of aliphatic hydroxyl groups is 2. The Labute approximate surface area is 456 Å². The molecule has 6 nitrogen and oxygen atoms in total. The minimum Gasteiger partial charge on any atom is -0.466 e. The van der Waals surface area contributed by atoms with Crippen LogP contribution in [0.1, 0.15) is 367 Å². The Morgan fingerprint density at radius 1 is 0.370 bits per heavy atom. The maximum Gasteiger partial charge on any atom is 0.305 e. The topological polar surface area (TPSA) is 95.9 Å². The van der Waals surface area contributed by atoms with Gasteiger partial charge in [-0.3, -0.25) is 9.59 Å². The molecule has 0 fully saturated rings. The van der Waals surface area contributed by atoms with Gasteiger partial charge in [-0.25, -0.2) is 0 Å². The van der Waals surface area contributed by atoms with Crippen LogP contribution in [0.25, 0.3) is 0 Å². The molecule has 73 heavy (non-hydrogen) atoms. The molecule has 432 valence electrons. The summed E-state index contributed by atoms with van der Waals surface area (Å²) in [7, 11) is 0. The molecule has 6 heteroatoms. The third-order valence-electron chi connectivity index (χ3n) is 15.5. The molecule has 0 aromatic heterocycles. The highest BCUT2D eigenvalue weighted by Crippen LogP contribution is 2.18. The van der Waals surface area contributed by atoms with Crippen LogP contribution in [0.15, 0.2) is 24.3 Å². The van der Waals surface area contributed by atoms with Crippen LogP contribution in [0.3, 0.4) is 0 Å². The van der Waals surface area contributed by atoms with E-state index in [2.05, 4.69) is 43.5 Å². The van der Waals surface area contributed by atoms with Crippen LogP contribution in [0.5, 0.6) is 0 Å². The van der Waals surface area contributed by atoms with E-state index in [1.165, 1.54) is 289 Å². The molecule has 0 aromatic carbocycles. The normalized spacial score (nSPS) is 12.7. The average Bonchev–Trinajstić information content (AvgIpc) is 3.39. The first-order chi connectivity index (χ1) is 36.0. The van der Waals surface area contributed by atoms with Gasteiger partial charge in [-0.2, -0.15) is 0 Å². The van der Waals surface area contributed by atoms with E-state index in [-0.39, 0.29) is 18.5 Å². The summed E-state index contributed by atoms with van der Waals surface area (Å²) in [6, 6.07) is -0.546. The maximum atomic E-state index is 12.5. The first kappa shape index (κ1) is 71.3. The monoisotopic (exact) mass is 1030 g/mol. The molecule has 0 bridgehead atoms. The average molecular weight is 1030 g/mol. The summed E-state index contributed by atoms with van der Waals surface area (Å²) in [6.45, 7) is 4.97. The number of ether oxygens (including phenoxy) is 1. The number of amides is 1. The molecule has 0 aliphatic heterocycles. The number of nitrogens with one attached hydrogen (secondary N) is 1. The van der Waals surface area contributed by atoms with Gasteiger partial charge in [0.15, 0.2) is 0 Å². The molecule has 0 saturated heterocycles. The van der Waals surface area contributed by atoms with Crippen LogP contribution >= 0.6 is 0 Å². The van der Waals surface area contributed by atoms with E-state index in [1.54, 1.807) is 0 Å². The molecule has 0 rings (SSSR count). The number of carbonyl (C=O) groups excluding carboxylic acids is 2. The number of carbonyl (C=O) groups is 2. The first-order valence-electron chi connectivity index (χ1n) is 33.1. The lowest BCUT2D eigenvalue weighted by molar-refractivity contribution is -0.143. The van der Waals surface area contributed by atoms with Crippen molar-refractivity contribution in [3.63, 3.8) is 0 Å². The van der Waals surface area contributed by atoms with Gasteiger partial charge in [0.2, 0.25) is 5.91 Å². The van der Waals surface area contributed by atoms with Crippen molar-refractivity contribution in [1.82, 2.24) is 5.32 Å². The molecular formula is C67H129NO5. The highest BCUT2D eigenvalue weighted by molar-refractivity contribution is 5.76. The van der Waals surface area contributed by atoms with Gasteiger partial charge in [-0.1, -0.05) is 301 Å². The predicted molar refractivity (Wildman–Crippen MR) is 320 cm³/mol. The van der Waals surface area contributed by atoms with Crippen LogP contribution < -0.4 is 5.32 Å². The van der Waals surface area contributed by atoms with Crippen LogP contribution in [-0.2, 0) is 14.3 Å². The fourth-order valence-electron chi connectivity index (χ4n) is 10.4. The lowest BCUT2D eigenvalue weighted by Crippen LogP contribution is -2.45. The molecule has 2 unspecified atom stereocenters. The summed E-state index contributed by atoms with van der Waals surface area (Å²) in [6.07, 6.45) is 77.7. The number of hydrogen-bond donors (Lipinski definition) is 3. The molecule has 0 aromatic rings. The molecule has 2 atom stereocenters. The number of unbranched alkanes of at least 4 members (excludes halogenated alkanes) is 47. The van der Waals surface area contributed by atoms with Crippen LogP contribution in [-0.4, -0.2) is 47.4 Å². The van der Waals surface area contributed by atoms with Crippen molar-refractivity contribution >= 4 is 11.9 Å². The van der Waals surface area contributed by atoms with E-state index in [0.29, 0.717) is 25.9 Å². The molecule has 0 heterocycles. The highest BCUT2D eigenvalue weighted by Gasteiger charge is 2.20. The summed E-state index contributed by atoms with van der Waals surface area (Å²) in [5.74, 6) is -0.0338. The fourth-order valence-corrected chi connectivity index (χ4v) is 10.4. The van der Waals surface area contributed by atoms with Gasteiger partial charge < -0.3 is 20.3 Å². The van der Waals surface area contributed by atoms with Crippen LogP contribution in [0, 0.1) is 0 Å². The van der Waals surface area contributed by atoms with Crippen molar-refractivity contribution < 1.29 is 24.5 Å². The number of rotatable bonds is 62. The Hall–Kier alpha value is -1.66. The van der Waals surface area contributed by atoms with E-state index in [0.717, 1.165) is 44.9 Å². The zero-order valence-electron chi connectivity index (χ0n) is 49.4.